The van der Waals surface area contributed by atoms with Crippen molar-refractivity contribution in [3.8, 4) is 10.7 Å². The summed E-state index contributed by atoms with van der Waals surface area (Å²) in [5, 5.41) is 7.23. The molecule has 10 nitrogen and oxygen atoms in total. The number of carbonyl (C=O) groups excluding carboxylic acids is 1. The highest BCUT2D eigenvalue weighted by Gasteiger charge is 2.49. The van der Waals surface area contributed by atoms with Crippen molar-refractivity contribution < 1.29 is 17.9 Å². The molecule has 0 spiro atoms. The van der Waals surface area contributed by atoms with E-state index in [1.807, 2.05) is 31.1 Å². The van der Waals surface area contributed by atoms with Crippen LogP contribution in [0, 0.1) is 0 Å². The smallest absolute Gasteiger partial charge is 0.410 e. The fraction of sp³-hybridized carbons (Fsp3) is 0.500. The molecule has 170 valence electrons. The number of pyridine rings is 1. The highest BCUT2D eigenvalue weighted by atomic mass is 32.2. The summed E-state index contributed by atoms with van der Waals surface area (Å²) < 4.78 is 31.8. The van der Waals surface area contributed by atoms with Gasteiger partial charge in [0, 0.05) is 30.9 Å². The lowest BCUT2D eigenvalue weighted by Gasteiger charge is -2.55. The van der Waals surface area contributed by atoms with Gasteiger partial charge in [0.05, 0.1) is 12.1 Å². The van der Waals surface area contributed by atoms with Gasteiger partial charge >= 0.3 is 6.09 Å². The number of ether oxygens (including phenoxy) is 1. The summed E-state index contributed by atoms with van der Waals surface area (Å²) in [6.07, 6.45) is 3.46. The van der Waals surface area contributed by atoms with Gasteiger partial charge in [-0.3, -0.25) is 4.90 Å². The van der Waals surface area contributed by atoms with Crippen molar-refractivity contribution >= 4 is 38.9 Å². The molecule has 2 bridgehead atoms. The topological polar surface area (TPSA) is 110 Å². The van der Waals surface area contributed by atoms with Crippen LogP contribution in [0.4, 0.5) is 10.7 Å². The normalized spacial score (nSPS) is 21.0. The fourth-order valence-corrected chi connectivity index (χ4v) is 5.68. The summed E-state index contributed by atoms with van der Waals surface area (Å²) in [5.74, 6) is 0.442. The molecule has 0 N–H and O–H groups in total. The molecule has 6 rings (SSSR count). The van der Waals surface area contributed by atoms with Crippen LogP contribution in [0.25, 0.3) is 16.3 Å². The number of amides is 1. The van der Waals surface area contributed by atoms with Gasteiger partial charge in [-0.15, -0.1) is 16.4 Å². The Morgan fingerprint density at radius 3 is 2.53 bits per heavy atom. The average Bonchev–Trinajstić information content (AvgIpc) is 3.35. The summed E-state index contributed by atoms with van der Waals surface area (Å²) in [6.45, 7) is 6.69. The molecule has 0 aliphatic carbocycles. The van der Waals surface area contributed by atoms with Crippen LogP contribution in [0.5, 0.6) is 0 Å². The van der Waals surface area contributed by atoms with Gasteiger partial charge < -0.3 is 9.64 Å². The lowest BCUT2D eigenvalue weighted by atomic mass is 9.88. The van der Waals surface area contributed by atoms with Crippen LogP contribution in [-0.4, -0.2) is 76.0 Å². The molecule has 0 saturated carbocycles. The molecule has 6 heterocycles. The number of hydrogen-bond acceptors (Lipinski definition) is 9. The summed E-state index contributed by atoms with van der Waals surface area (Å²) in [4.78, 5) is 25.4. The van der Waals surface area contributed by atoms with Gasteiger partial charge in [0.25, 0.3) is 0 Å². The monoisotopic (exact) mass is 476 g/mol. The van der Waals surface area contributed by atoms with E-state index < -0.39 is 15.4 Å². The number of aromatic nitrogens is 4. The molecule has 12 heteroatoms. The van der Waals surface area contributed by atoms with Gasteiger partial charge in [0.2, 0.25) is 5.95 Å². The third kappa shape index (κ3) is 3.60. The molecular formula is C20H24N6O4S2. The first-order valence-electron chi connectivity index (χ1n) is 10.3. The number of sulfone groups is 1. The number of hydrogen-bond donors (Lipinski definition) is 0. The van der Waals surface area contributed by atoms with Crippen molar-refractivity contribution in [3.05, 3.63) is 23.7 Å². The van der Waals surface area contributed by atoms with Gasteiger partial charge in [-0.1, -0.05) is 0 Å². The van der Waals surface area contributed by atoms with Gasteiger partial charge in [0.15, 0.2) is 15.5 Å². The number of thiazole rings is 1. The summed E-state index contributed by atoms with van der Waals surface area (Å²) >= 11 is 1.44. The van der Waals surface area contributed by atoms with Crippen molar-refractivity contribution in [3.63, 3.8) is 0 Å². The zero-order valence-electron chi connectivity index (χ0n) is 18.2. The maximum absolute atomic E-state index is 12.5. The molecule has 1 amide bonds. The minimum Gasteiger partial charge on any atom is -0.444 e. The standard InChI is InChI=1S/C20H24N6O4S2/c1-20(2,3)30-19(27)25-12-9-13(25)11-24(10-12)18-22-16-15(32(4,28)29)6-5-14(26(16)23-18)17-21-7-8-31-17/h5-8,12-13H,9-11H2,1-4H3. The van der Waals surface area contributed by atoms with Crippen molar-refractivity contribution in [1.82, 2.24) is 24.5 Å². The van der Waals surface area contributed by atoms with E-state index in [-0.39, 0.29) is 28.7 Å². The van der Waals surface area contributed by atoms with E-state index in [9.17, 15) is 13.2 Å². The molecule has 2 atom stereocenters. The lowest BCUT2D eigenvalue weighted by molar-refractivity contribution is -0.0381. The van der Waals surface area contributed by atoms with E-state index in [1.165, 1.54) is 11.3 Å². The maximum Gasteiger partial charge on any atom is 0.410 e. The van der Waals surface area contributed by atoms with Crippen LogP contribution in [0.3, 0.4) is 0 Å². The Kier molecular flexibility index (Phi) is 4.71. The Morgan fingerprint density at radius 2 is 1.94 bits per heavy atom. The van der Waals surface area contributed by atoms with Gasteiger partial charge in [-0.2, -0.15) is 4.98 Å². The zero-order valence-corrected chi connectivity index (χ0v) is 19.9. The van der Waals surface area contributed by atoms with Crippen LogP contribution < -0.4 is 4.90 Å². The Labute approximate surface area is 189 Å². The largest absolute Gasteiger partial charge is 0.444 e. The second-order valence-corrected chi connectivity index (χ2v) is 12.1. The molecule has 0 radical (unpaired) electrons. The van der Waals surface area contributed by atoms with Gasteiger partial charge in [-0.05, 0) is 39.3 Å². The van der Waals surface area contributed by atoms with E-state index in [0.29, 0.717) is 24.7 Å². The Bertz CT molecular complexity index is 1280. The molecule has 3 aliphatic rings. The molecule has 3 saturated heterocycles. The van der Waals surface area contributed by atoms with E-state index in [2.05, 4.69) is 15.1 Å². The number of piperazine rings is 1. The van der Waals surface area contributed by atoms with Crippen LogP contribution >= 0.6 is 11.3 Å². The van der Waals surface area contributed by atoms with Crippen LogP contribution in [0.15, 0.2) is 28.6 Å². The Morgan fingerprint density at radius 1 is 1.22 bits per heavy atom. The van der Waals surface area contributed by atoms with Crippen molar-refractivity contribution in [1.29, 1.82) is 0 Å². The Hall–Kier alpha value is -2.73. The molecule has 3 aliphatic heterocycles. The number of anilines is 1. The number of nitrogens with zero attached hydrogens (tertiary/aromatic N) is 6. The summed E-state index contributed by atoms with van der Waals surface area (Å²) in [6, 6.07) is 3.29. The molecule has 32 heavy (non-hydrogen) atoms. The lowest BCUT2D eigenvalue weighted by Crippen LogP contribution is -2.70. The first-order chi connectivity index (χ1) is 15.0. The first-order valence-corrected chi connectivity index (χ1v) is 13.0. The maximum atomic E-state index is 12.5. The van der Waals surface area contributed by atoms with Crippen molar-refractivity contribution in [2.45, 2.75) is 49.8 Å². The quantitative estimate of drug-likeness (QED) is 0.567. The second-order valence-electron chi connectivity index (χ2n) is 9.18. The minimum atomic E-state index is -3.50. The molecule has 3 aromatic heterocycles. The first kappa shape index (κ1) is 21.1. The highest BCUT2D eigenvalue weighted by molar-refractivity contribution is 7.91. The molecule has 0 aromatic carbocycles. The average molecular weight is 477 g/mol. The van der Waals surface area contributed by atoms with Crippen molar-refractivity contribution in [2.24, 2.45) is 0 Å². The van der Waals surface area contributed by atoms with Gasteiger partial charge in [-0.25, -0.2) is 22.7 Å². The fourth-order valence-electron chi connectivity index (χ4n) is 4.25. The van der Waals surface area contributed by atoms with Crippen LogP contribution in [0.1, 0.15) is 27.2 Å². The second kappa shape index (κ2) is 7.14. The highest BCUT2D eigenvalue weighted by Crippen LogP contribution is 2.36. The van der Waals surface area contributed by atoms with E-state index in [4.69, 9.17) is 4.74 Å². The SMILES string of the molecule is CC(C)(C)OC(=O)N1C2CC1CN(c1nc3c(S(C)(=O)=O)ccc(-c4nccs4)n3n1)C2. The molecular weight excluding hydrogens is 452 g/mol. The summed E-state index contributed by atoms with van der Waals surface area (Å²) in [5.41, 5.74) is 0.412. The van der Waals surface area contributed by atoms with Crippen LogP contribution in [0.2, 0.25) is 0 Å². The molecule has 2 unspecified atom stereocenters. The van der Waals surface area contributed by atoms with E-state index in [1.54, 1.807) is 27.7 Å². The molecule has 3 fully saturated rings. The third-order valence-electron chi connectivity index (χ3n) is 5.57. The summed E-state index contributed by atoms with van der Waals surface area (Å²) in [7, 11) is -3.50. The Balaban J connectivity index is 1.48. The minimum absolute atomic E-state index is 0.0167. The third-order valence-corrected chi connectivity index (χ3v) is 7.48. The predicted molar refractivity (Wildman–Crippen MR) is 120 cm³/mol. The number of fused-ring (bicyclic) bond motifs is 3. The van der Waals surface area contributed by atoms with E-state index in [0.717, 1.165) is 17.7 Å². The number of piperidine rings is 1. The van der Waals surface area contributed by atoms with Crippen molar-refractivity contribution in [2.75, 3.05) is 24.2 Å². The van der Waals surface area contributed by atoms with Gasteiger partial charge in [0.1, 0.15) is 21.2 Å². The van der Waals surface area contributed by atoms with Crippen LogP contribution in [-0.2, 0) is 14.6 Å². The molecule has 3 aromatic rings. The number of carbonyl (C=O) groups is 1. The predicted octanol–water partition coefficient (Wildman–Crippen LogP) is 2.45. The zero-order chi connectivity index (χ0) is 22.8. The number of rotatable bonds is 3. The van der Waals surface area contributed by atoms with E-state index >= 15 is 0 Å².